The van der Waals surface area contributed by atoms with Crippen molar-refractivity contribution in [1.82, 2.24) is 10.6 Å². The average molecular weight is 358 g/mol. The molecule has 4 saturated carbocycles. The van der Waals surface area contributed by atoms with Crippen LogP contribution in [0.25, 0.3) is 0 Å². The number of furan rings is 1. The molecule has 4 aliphatic rings. The first kappa shape index (κ1) is 17.6. The summed E-state index contributed by atoms with van der Waals surface area (Å²) in [7, 11) is 0. The molecule has 2 N–H and O–H groups in total. The van der Waals surface area contributed by atoms with Crippen molar-refractivity contribution in [2.45, 2.75) is 57.8 Å². The van der Waals surface area contributed by atoms with Crippen molar-refractivity contribution in [1.29, 1.82) is 0 Å². The lowest BCUT2D eigenvalue weighted by Gasteiger charge is -2.55. The number of nitrogens with one attached hydrogen (secondary N) is 2. The highest BCUT2D eigenvalue weighted by Gasteiger charge is 2.54. The van der Waals surface area contributed by atoms with E-state index in [1.807, 2.05) is 12.1 Å². The van der Waals surface area contributed by atoms with Crippen molar-refractivity contribution in [3.05, 3.63) is 24.2 Å². The van der Waals surface area contributed by atoms with E-state index in [0.717, 1.165) is 42.8 Å². The third kappa shape index (κ3) is 3.81. The lowest BCUT2D eigenvalue weighted by Crippen LogP contribution is -2.53. The molecule has 1 aromatic heterocycles. The van der Waals surface area contributed by atoms with Gasteiger partial charge in [0.15, 0.2) is 0 Å². The standard InChI is InChI=1S/C21H30N2O3/c24-19(22-7-5-18-3-2-8-26-18)4-1-6-23-20(25)21-12-15-9-16(13-21)11-17(10-15)14-21/h2-3,8,15-17H,1,4-7,9-14H2,(H,22,24)(H,23,25). The fourth-order valence-electron chi connectivity index (χ4n) is 5.90. The van der Waals surface area contributed by atoms with Crippen molar-refractivity contribution in [3.63, 3.8) is 0 Å². The Labute approximate surface area is 155 Å². The van der Waals surface area contributed by atoms with Gasteiger partial charge < -0.3 is 15.1 Å². The number of carbonyl (C=O) groups excluding carboxylic acids is 2. The van der Waals surface area contributed by atoms with Crippen LogP contribution in [0.3, 0.4) is 0 Å². The Kier molecular flexibility index (Phi) is 5.05. The summed E-state index contributed by atoms with van der Waals surface area (Å²) in [6.07, 6.45) is 10.9. The first-order chi connectivity index (χ1) is 12.6. The van der Waals surface area contributed by atoms with Crippen LogP contribution in [0.15, 0.2) is 22.8 Å². The number of carbonyl (C=O) groups is 2. The molecule has 0 unspecified atom stereocenters. The fraction of sp³-hybridized carbons (Fsp3) is 0.714. The van der Waals surface area contributed by atoms with Gasteiger partial charge in [0, 0.05) is 31.3 Å². The zero-order chi connectivity index (χ0) is 18.0. The molecular weight excluding hydrogens is 328 g/mol. The molecule has 0 radical (unpaired) electrons. The van der Waals surface area contributed by atoms with Gasteiger partial charge in [0.2, 0.25) is 11.8 Å². The molecule has 1 heterocycles. The predicted molar refractivity (Wildman–Crippen MR) is 98.3 cm³/mol. The van der Waals surface area contributed by atoms with Gasteiger partial charge in [0.05, 0.1) is 6.26 Å². The van der Waals surface area contributed by atoms with Crippen LogP contribution in [0.2, 0.25) is 0 Å². The third-order valence-electron chi connectivity index (χ3n) is 6.66. The Morgan fingerprint density at radius 3 is 2.35 bits per heavy atom. The molecule has 0 aliphatic heterocycles. The molecule has 4 fully saturated rings. The topological polar surface area (TPSA) is 71.3 Å². The maximum absolute atomic E-state index is 12.8. The van der Waals surface area contributed by atoms with Gasteiger partial charge in [-0.15, -0.1) is 0 Å². The zero-order valence-corrected chi connectivity index (χ0v) is 15.5. The molecule has 4 aliphatic carbocycles. The molecule has 142 valence electrons. The molecule has 0 atom stereocenters. The third-order valence-corrected chi connectivity index (χ3v) is 6.66. The van der Waals surface area contributed by atoms with Gasteiger partial charge in [-0.25, -0.2) is 0 Å². The van der Waals surface area contributed by atoms with E-state index in [2.05, 4.69) is 10.6 Å². The summed E-state index contributed by atoms with van der Waals surface area (Å²) < 4.78 is 5.24. The smallest absolute Gasteiger partial charge is 0.226 e. The second kappa shape index (κ2) is 7.45. The van der Waals surface area contributed by atoms with Crippen LogP contribution in [0, 0.1) is 23.2 Å². The maximum Gasteiger partial charge on any atom is 0.226 e. The first-order valence-electron chi connectivity index (χ1n) is 10.2. The van der Waals surface area contributed by atoms with E-state index in [9.17, 15) is 9.59 Å². The minimum Gasteiger partial charge on any atom is -0.469 e. The van der Waals surface area contributed by atoms with Gasteiger partial charge in [0.1, 0.15) is 5.76 Å². The molecule has 5 rings (SSSR count). The largest absolute Gasteiger partial charge is 0.469 e. The molecular formula is C21H30N2O3. The molecule has 0 aromatic carbocycles. The lowest BCUT2D eigenvalue weighted by atomic mass is 9.49. The second-order valence-corrected chi connectivity index (χ2v) is 8.74. The second-order valence-electron chi connectivity index (χ2n) is 8.74. The van der Waals surface area contributed by atoms with Gasteiger partial charge in [-0.3, -0.25) is 9.59 Å². The molecule has 1 aromatic rings. The van der Waals surface area contributed by atoms with E-state index in [-0.39, 0.29) is 17.2 Å². The summed E-state index contributed by atoms with van der Waals surface area (Å²) >= 11 is 0. The van der Waals surface area contributed by atoms with Crippen LogP contribution >= 0.6 is 0 Å². The SMILES string of the molecule is O=C(CCCNC(=O)C12CC3CC(CC(C3)C1)C2)NCCc1ccco1. The Bertz CT molecular complexity index is 602. The van der Waals surface area contributed by atoms with Crippen LogP contribution in [0.5, 0.6) is 0 Å². The quantitative estimate of drug-likeness (QED) is 0.702. The molecule has 5 nitrogen and oxygen atoms in total. The van der Waals surface area contributed by atoms with Gasteiger partial charge in [-0.1, -0.05) is 0 Å². The summed E-state index contributed by atoms with van der Waals surface area (Å²) in [6, 6.07) is 3.76. The Balaban J connectivity index is 1.14. The Morgan fingerprint density at radius 1 is 1.04 bits per heavy atom. The number of hydrogen-bond acceptors (Lipinski definition) is 3. The van der Waals surface area contributed by atoms with E-state index >= 15 is 0 Å². The van der Waals surface area contributed by atoms with Crippen LogP contribution in [-0.4, -0.2) is 24.9 Å². The van der Waals surface area contributed by atoms with E-state index < -0.39 is 0 Å². The molecule has 0 spiro atoms. The molecule has 5 heteroatoms. The first-order valence-corrected chi connectivity index (χ1v) is 10.2. The summed E-state index contributed by atoms with van der Waals surface area (Å²) in [6.45, 7) is 1.19. The van der Waals surface area contributed by atoms with Crippen molar-refractivity contribution in [2.24, 2.45) is 23.2 Å². The van der Waals surface area contributed by atoms with Crippen LogP contribution in [0.1, 0.15) is 57.1 Å². The van der Waals surface area contributed by atoms with E-state index in [0.29, 0.717) is 32.4 Å². The minimum absolute atomic E-state index is 0.0422. The lowest BCUT2D eigenvalue weighted by molar-refractivity contribution is -0.146. The van der Waals surface area contributed by atoms with Crippen LogP contribution in [0.4, 0.5) is 0 Å². The molecule has 0 saturated heterocycles. The van der Waals surface area contributed by atoms with Crippen molar-refractivity contribution < 1.29 is 14.0 Å². The Hall–Kier alpha value is -1.78. The van der Waals surface area contributed by atoms with E-state index in [1.54, 1.807) is 6.26 Å². The van der Waals surface area contributed by atoms with Crippen molar-refractivity contribution in [2.75, 3.05) is 13.1 Å². The minimum atomic E-state index is -0.0833. The Morgan fingerprint density at radius 2 is 1.73 bits per heavy atom. The van der Waals surface area contributed by atoms with Crippen LogP contribution < -0.4 is 10.6 Å². The monoisotopic (exact) mass is 358 g/mol. The number of hydrogen-bond donors (Lipinski definition) is 2. The van der Waals surface area contributed by atoms with Gasteiger partial charge in [-0.05, 0) is 74.8 Å². The summed E-state index contributed by atoms with van der Waals surface area (Å²) in [5.41, 5.74) is -0.0833. The predicted octanol–water partition coefficient (Wildman–Crippen LogP) is 3.05. The average Bonchev–Trinajstić information content (AvgIpc) is 3.11. The zero-order valence-electron chi connectivity index (χ0n) is 15.5. The van der Waals surface area contributed by atoms with E-state index in [1.165, 1.54) is 19.3 Å². The maximum atomic E-state index is 12.8. The number of amides is 2. The summed E-state index contributed by atoms with van der Waals surface area (Å²) in [5.74, 6) is 3.54. The highest BCUT2D eigenvalue weighted by Crippen LogP contribution is 2.60. The van der Waals surface area contributed by atoms with Crippen molar-refractivity contribution >= 4 is 11.8 Å². The summed E-state index contributed by atoms with van der Waals surface area (Å²) in [5, 5.41) is 6.05. The van der Waals surface area contributed by atoms with Crippen LogP contribution in [-0.2, 0) is 16.0 Å². The van der Waals surface area contributed by atoms with Gasteiger partial charge >= 0.3 is 0 Å². The van der Waals surface area contributed by atoms with Gasteiger partial charge in [-0.2, -0.15) is 0 Å². The normalized spacial score (nSPS) is 31.8. The number of rotatable bonds is 8. The fourth-order valence-corrected chi connectivity index (χ4v) is 5.90. The highest BCUT2D eigenvalue weighted by atomic mass is 16.3. The van der Waals surface area contributed by atoms with E-state index in [4.69, 9.17) is 4.42 Å². The summed E-state index contributed by atoms with van der Waals surface area (Å²) in [4.78, 5) is 24.7. The van der Waals surface area contributed by atoms with Gasteiger partial charge in [0.25, 0.3) is 0 Å². The molecule has 26 heavy (non-hydrogen) atoms. The van der Waals surface area contributed by atoms with Crippen molar-refractivity contribution in [3.8, 4) is 0 Å². The molecule has 2 amide bonds. The molecule has 4 bridgehead atoms. The highest BCUT2D eigenvalue weighted by molar-refractivity contribution is 5.83.